The van der Waals surface area contributed by atoms with E-state index in [-0.39, 0.29) is 6.04 Å². The fourth-order valence-corrected chi connectivity index (χ4v) is 2.68. The molecular weight excluding hydrogens is 292 g/mol. The Labute approximate surface area is 128 Å². The topological polar surface area (TPSA) is 12.0 Å². The van der Waals surface area contributed by atoms with Crippen LogP contribution in [0.25, 0.3) is 11.1 Å². The summed E-state index contributed by atoms with van der Waals surface area (Å²) >= 11 is 6.30. The Morgan fingerprint density at radius 3 is 2.48 bits per heavy atom. The number of hydrogen-bond acceptors (Lipinski definition) is 1. The molecule has 4 heteroatoms. The summed E-state index contributed by atoms with van der Waals surface area (Å²) < 4.78 is 27.3. The summed E-state index contributed by atoms with van der Waals surface area (Å²) in [5.41, 5.74) is 2.38. The average molecular weight is 310 g/mol. The molecule has 0 saturated carbocycles. The summed E-state index contributed by atoms with van der Waals surface area (Å²) in [5.74, 6) is -1.12. The molecular formula is C17H18ClF2N. The summed E-state index contributed by atoms with van der Waals surface area (Å²) in [4.78, 5) is 0. The Balaban J connectivity index is 2.43. The Morgan fingerprint density at radius 2 is 1.86 bits per heavy atom. The Morgan fingerprint density at radius 1 is 1.14 bits per heavy atom. The van der Waals surface area contributed by atoms with E-state index in [1.165, 1.54) is 6.07 Å². The van der Waals surface area contributed by atoms with Crippen LogP contribution in [-0.2, 0) is 0 Å². The van der Waals surface area contributed by atoms with Crippen LogP contribution in [0.15, 0.2) is 30.3 Å². The molecule has 21 heavy (non-hydrogen) atoms. The maximum absolute atomic E-state index is 13.9. The van der Waals surface area contributed by atoms with Gasteiger partial charge in [0, 0.05) is 22.7 Å². The third kappa shape index (κ3) is 3.42. The van der Waals surface area contributed by atoms with E-state index in [1.807, 2.05) is 26.0 Å². The lowest BCUT2D eigenvalue weighted by atomic mass is 9.99. The molecule has 1 nitrogen and oxygen atoms in total. The lowest BCUT2D eigenvalue weighted by Crippen LogP contribution is -2.17. The summed E-state index contributed by atoms with van der Waals surface area (Å²) in [7, 11) is 0. The van der Waals surface area contributed by atoms with Crippen molar-refractivity contribution in [1.29, 1.82) is 0 Å². The number of nitrogens with one attached hydrogen (secondary N) is 1. The number of halogens is 3. The van der Waals surface area contributed by atoms with Crippen molar-refractivity contribution in [3.05, 3.63) is 58.1 Å². The first-order valence-electron chi connectivity index (χ1n) is 6.93. The molecule has 0 aliphatic carbocycles. The van der Waals surface area contributed by atoms with E-state index < -0.39 is 11.6 Å². The monoisotopic (exact) mass is 309 g/mol. The maximum Gasteiger partial charge on any atom is 0.133 e. The van der Waals surface area contributed by atoms with Crippen LogP contribution < -0.4 is 5.32 Å². The van der Waals surface area contributed by atoms with Gasteiger partial charge in [-0.25, -0.2) is 8.78 Å². The van der Waals surface area contributed by atoms with E-state index in [9.17, 15) is 8.78 Å². The van der Waals surface area contributed by atoms with Crippen molar-refractivity contribution >= 4 is 11.6 Å². The quantitative estimate of drug-likeness (QED) is 0.812. The van der Waals surface area contributed by atoms with Gasteiger partial charge >= 0.3 is 0 Å². The highest BCUT2D eigenvalue weighted by atomic mass is 35.5. The van der Waals surface area contributed by atoms with E-state index in [4.69, 9.17) is 11.6 Å². The van der Waals surface area contributed by atoms with Crippen molar-refractivity contribution in [3.63, 3.8) is 0 Å². The van der Waals surface area contributed by atoms with E-state index >= 15 is 0 Å². The zero-order chi connectivity index (χ0) is 15.6. The van der Waals surface area contributed by atoms with Gasteiger partial charge in [-0.05, 0) is 49.2 Å². The fraction of sp³-hybridized carbons (Fsp3) is 0.294. The van der Waals surface area contributed by atoms with Crippen molar-refractivity contribution in [1.82, 2.24) is 5.32 Å². The minimum atomic E-state index is -0.582. The lowest BCUT2D eigenvalue weighted by Gasteiger charge is -2.15. The zero-order valence-electron chi connectivity index (χ0n) is 12.3. The molecule has 112 valence electrons. The Hall–Kier alpha value is -1.45. The number of aryl methyl sites for hydroxylation is 1. The number of benzene rings is 2. The first-order chi connectivity index (χ1) is 9.93. The van der Waals surface area contributed by atoms with Crippen LogP contribution >= 0.6 is 11.6 Å². The Kier molecular flexibility index (Phi) is 4.96. The normalized spacial score (nSPS) is 12.5. The molecule has 0 heterocycles. The van der Waals surface area contributed by atoms with E-state index in [1.54, 1.807) is 13.0 Å². The van der Waals surface area contributed by atoms with E-state index in [0.717, 1.165) is 18.2 Å². The molecule has 0 aromatic heterocycles. The van der Waals surface area contributed by atoms with Gasteiger partial charge in [0.2, 0.25) is 0 Å². The lowest BCUT2D eigenvalue weighted by molar-refractivity contribution is 0.579. The molecule has 2 rings (SSSR count). The summed E-state index contributed by atoms with van der Waals surface area (Å²) in [6.45, 7) is 6.50. The van der Waals surface area contributed by atoms with Crippen LogP contribution in [0.4, 0.5) is 8.78 Å². The second kappa shape index (κ2) is 6.54. The van der Waals surface area contributed by atoms with Gasteiger partial charge in [-0.2, -0.15) is 0 Å². The summed E-state index contributed by atoms with van der Waals surface area (Å²) in [5, 5.41) is 3.85. The maximum atomic E-state index is 13.9. The average Bonchev–Trinajstić information content (AvgIpc) is 2.43. The van der Waals surface area contributed by atoms with Gasteiger partial charge in [0.1, 0.15) is 11.6 Å². The standard InChI is InChI=1S/C17H18ClF2N/c1-4-21-11(3)13-6-5-12(8-15(13)18)14-7-10(2)16(19)9-17(14)20/h5-9,11,21H,4H2,1-3H3. The number of rotatable bonds is 4. The van der Waals surface area contributed by atoms with Crippen LogP contribution in [-0.4, -0.2) is 6.54 Å². The molecule has 0 bridgehead atoms. The van der Waals surface area contributed by atoms with Crippen LogP contribution in [0.3, 0.4) is 0 Å². The van der Waals surface area contributed by atoms with E-state index in [2.05, 4.69) is 5.32 Å². The van der Waals surface area contributed by atoms with Gasteiger partial charge < -0.3 is 5.32 Å². The van der Waals surface area contributed by atoms with Crippen molar-refractivity contribution in [2.75, 3.05) is 6.54 Å². The SMILES string of the molecule is CCNC(C)c1ccc(-c2cc(C)c(F)cc2F)cc1Cl. The zero-order valence-corrected chi connectivity index (χ0v) is 13.1. The van der Waals surface area contributed by atoms with Crippen LogP contribution in [0.1, 0.15) is 31.0 Å². The van der Waals surface area contributed by atoms with Gasteiger partial charge in [-0.1, -0.05) is 30.7 Å². The van der Waals surface area contributed by atoms with Gasteiger partial charge in [-0.3, -0.25) is 0 Å². The van der Waals surface area contributed by atoms with E-state index in [0.29, 0.717) is 21.7 Å². The highest BCUT2D eigenvalue weighted by Gasteiger charge is 2.13. The molecule has 0 amide bonds. The molecule has 2 aromatic rings. The van der Waals surface area contributed by atoms with Crippen LogP contribution in [0.5, 0.6) is 0 Å². The minimum Gasteiger partial charge on any atom is -0.310 e. The molecule has 1 atom stereocenters. The molecule has 0 saturated heterocycles. The highest BCUT2D eigenvalue weighted by Crippen LogP contribution is 2.31. The van der Waals surface area contributed by atoms with Crippen molar-refractivity contribution in [2.45, 2.75) is 26.8 Å². The molecule has 0 fully saturated rings. The second-order valence-corrected chi connectivity index (χ2v) is 5.50. The molecule has 2 aromatic carbocycles. The predicted molar refractivity (Wildman–Crippen MR) is 83.6 cm³/mol. The first-order valence-corrected chi connectivity index (χ1v) is 7.30. The molecule has 1 unspecified atom stereocenters. The summed E-state index contributed by atoms with van der Waals surface area (Å²) in [6, 6.07) is 7.95. The third-order valence-corrected chi connectivity index (χ3v) is 3.86. The smallest absolute Gasteiger partial charge is 0.133 e. The van der Waals surface area contributed by atoms with Crippen LogP contribution in [0.2, 0.25) is 5.02 Å². The predicted octanol–water partition coefficient (Wildman–Crippen LogP) is 5.26. The van der Waals surface area contributed by atoms with Crippen molar-refractivity contribution in [2.24, 2.45) is 0 Å². The largest absolute Gasteiger partial charge is 0.310 e. The van der Waals surface area contributed by atoms with Gasteiger partial charge in [-0.15, -0.1) is 0 Å². The second-order valence-electron chi connectivity index (χ2n) is 5.10. The molecule has 0 aliphatic rings. The molecule has 1 N–H and O–H groups in total. The minimum absolute atomic E-state index is 0.122. The van der Waals surface area contributed by atoms with Crippen molar-refractivity contribution in [3.8, 4) is 11.1 Å². The molecule has 0 radical (unpaired) electrons. The van der Waals surface area contributed by atoms with Crippen LogP contribution in [0, 0.1) is 18.6 Å². The highest BCUT2D eigenvalue weighted by molar-refractivity contribution is 6.31. The number of hydrogen-bond donors (Lipinski definition) is 1. The van der Waals surface area contributed by atoms with Crippen molar-refractivity contribution < 1.29 is 8.78 Å². The molecule has 0 aliphatic heterocycles. The van der Waals surface area contributed by atoms with Gasteiger partial charge in [0.05, 0.1) is 0 Å². The Bertz CT molecular complexity index is 655. The van der Waals surface area contributed by atoms with Gasteiger partial charge in [0.15, 0.2) is 0 Å². The summed E-state index contributed by atoms with van der Waals surface area (Å²) in [6.07, 6.45) is 0. The third-order valence-electron chi connectivity index (χ3n) is 3.54. The first kappa shape index (κ1) is 15.9. The fourth-order valence-electron chi connectivity index (χ4n) is 2.34. The van der Waals surface area contributed by atoms with Gasteiger partial charge in [0.25, 0.3) is 0 Å². The molecule has 0 spiro atoms.